The average Bonchev–Trinajstić information content (AvgIpc) is 2.18. The van der Waals surface area contributed by atoms with Crippen LogP contribution < -0.4 is 5.73 Å². The average molecular weight is 201 g/mol. The van der Waals surface area contributed by atoms with Crippen LogP contribution in [0.2, 0.25) is 0 Å². The first-order valence-electron chi connectivity index (χ1n) is 4.96. The first-order chi connectivity index (χ1) is 7.09. The van der Waals surface area contributed by atoms with E-state index in [2.05, 4.69) is 37.8 Å². The van der Waals surface area contributed by atoms with E-state index >= 15 is 0 Å². The molecule has 0 bridgehead atoms. The summed E-state index contributed by atoms with van der Waals surface area (Å²) in [5.74, 6) is 5.75. The summed E-state index contributed by atoms with van der Waals surface area (Å²) in [6.07, 6.45) is 0.117. The zero-order valence-electron chi connectivity index (χ0n) is 9.08. The van der Waals surface area contributed by atoms with Crippen molar-refractivity contribution >= 4 is 5.91 Å². The number of primary amides is 1. The zero-order chi connectivity index (χ0) is 11.3. The quantitative estimate of drug-likeness (QED) is 0.731. The molecular weight excluding hydrogens is 186 g/mol. The summed E-state index contributed by atoms with van der Waals surface area (Å²) in [5.41, 5.74) is 7.18. The summed E-state index contributed by atoms with van der Waals surface area (Å²) in [6.45, 7) is 4.29. The SMILES string of the molecule is CC(C)c1ccc(C#CCC(N)=O)cc1. The Bertz CT molecular complexity index is 393. The van der Waals surface area contributed by atoms with Crippen LogP contribution in [0.1, 0.15) is 37.3 Å². The van der Waals surface area contributed by atoms with Crippen molar-refractivity contribution in [2.75, 3.05) is 0 Å². The molecule has 0 fully saturated rings. The van der Waals surface area contributed by atoms with E-state index in [1.807, 2.05) is 12.1 Å². The van der Waals surface area contributed by atoms with Gasteiger partial charge in [-0.3, -0.25) is 4.79 Å². The van der Waals surface area contributed by atoms with Gasteiger partial charge in [-0.25, -0.2) is 0 Å². The molecule has 0 saturated heterocycles. The fraction of sp³-hybridized carbons (Fsp3) is 0.308. The van der Waals surface area contributed by atoms with Gasteiger partial charge in [-0.2, -0.15) is 0 Å². The lowest BCUT2D eigenvalue weighted by Gasteiger charge is -2.03. The van der Waals surface area contributed by atoms with E-state index in [-0.39, 0.29) is 12.3 Å². The van der Waals surface area contributed by atoms with Gasteiger partial charge in [-0.05, 0) is 23.6 Å². The Morgan fingerprint density at radius 1 is 1.33 bits per heavy atom. The molecule has 0 aliphatic carbocycles. The zero-order valence-corrected chi connectivity index (χ0v) is 9.08. The summed E-state index contributed by atoms with van der Waals surface area (Å²) in [6, 6.07) is 8.03. The van der Waals surface area contributed by atoms with Gasteiger partial charge < -0.3 is 5.73 Å². The van der Waals surface area contributed by atoms with Crippen molar-refractivity contribution in [3.05, 3.63) is 35.4 Å². The second kappa shape index (κ2) is 5.21. The Hall–Kier alpha value is -1.75. The fourth-order valence-electron chi connectivity index (χ4n) is 1.18. The summed E-state index contributed by atoms with van der Waals surface area (Å²) in [5, 5.41) is 0. The Morgan fingerprint density at radius 2 is 1.93 bits per heavy atom. The maximum absolute atomic E-state index is 10.5. The van der Waals surface area contributed by atoms with Crippen molar-refractivity contribution in [1.82, 2.24) is 0 Å². The molecule has 0 aliphatic heterocycles. The number of nitrogens with two attached hydrogens (primary N) is 1. The molecule has 0 atom stereocenters. The molecule has 0 radical (unpaired) electrons. The number of carbonyl (C=O) groups is 1. The molecule has 2 heteroatoms. The van der Waals surface area contributed by atoms with Crippen LogP contribution in [0.5, 0.6) is 0 Å². The highest BCUT2D eigenvalue weighted by atomic mass is 16.1. The Morgan fingerprint density at radius 3 is 2.40 bits per heavy atom. The van der Waals surface area contributed by atoms with Gasteiger partial charge in [-0.1, -0.05) is 37.8 Å². The van der Waals surface area contributed by atoms with E-state index in [9.17, 15) is 4.79 Å². The molecule has 0 spiro atoms. The molecule has 1 aromatic rings. The highest BCUT2D eigenvalue weighted by Gasteiger charge is 1.96. The molecule has 0 saturated carbocycles. The molecule has 2 nitrogen and oxygen atoms in total. The Balaban J connectivity index is 2.71. The Labute approximate surface area is 90.5 Å². The van der Waals surface area contributed by atoms with Crippen molar-refractivity contribution in [2.45, 2.75) is 26.2 Å². The third kappa shape index (κ3) is 3.86. The van der Waals surface area contributed by atoms with Gasteiger partial charge >= 0.3 is 0 Å². The molecule has 1 rings (SSSR count). The largest absolute Gasteiger partial charge is 0.369 e. The second-order valence-electron chi connectivity index (χ2n) is 3.72. The molecular formula is C13H15NO. The molecule has 1 amide bonds. The number of rotatable bonds is 2. The predicted molar refractivity (Wildman–Crippen MR) is 61.2 cm³/mol. The van der Waals surface area contributed by atoms with Gasteiger partial charge in [0.25, 0.3) is 0 Å². The molecule has 1 aromatic carbocycles. The third-order valence-electron chi connectivity index (χ3n) is 2.07. The number of hydrogen-bond acceptors (Lipinski definition) is 1. The van der Waals surface area contributed by atoms with Crippen LogP contribution in [-0.2, 0) is 4.79 Å². The summed E-state index contributed by atoms with van der Waals surface area (Å²) in [4.78, 5) is 10.5. The fourth-order valence-corrected chi connectivity index (χ4v) is 1.18. The van der Waals surface area contributed by atoms with Crippen LogP contribution in [-0.4, -0.2) is 5.91 Å². The van der Waals surface area contributed by atoms with Crippen LogP contribution in [0.25, 0.3) is 0 Å². The van der Waals surface area contributed by atoms with Crippen LogP contribution in [0.15, 0.2) is 24.3 Å². The van der Waals surface area contributed by atoms with Crippen molar-refractivity contribution in [3.8, 4) is 11.8 Å². The van der Waals surface area contributed by atoms with E-state index in [4.69, 9.17) is 5.73 Å². The molecule has 15 heavy (non-hydrogen) atoms. The van der Waals surface area contributed by atoms with E-state index in [0.29, 0.717) is 5.92 Å². The lowest BCUT2D eigenvalue weighted by atomic mass is 10.0. The van der Waals surface area contributed by atoms with Crippen LogP contribution >= 0.6 is 0 Å². The van der Waals surface area contributed by atoms with Crippen LogP contribution in [0.3, 0.4) is 0 Å². The van der Waals surface area contributed by atoms with Gasteiger partial charge in [0.1, 0.15) is 0 Å². The molecule has 0 aliphatic rings. The van der Waals surface area contributed by atoms with Gasteiger partial charge in [0.15, 0.2) is 0 Å². The summed E-state index contributed by atoms with van der Waals surface area (Å²) < 4.78 is 0. The number of hydrogen-bond donors (Lipinski definition) is 1. The number of benzene rings is 1. The maximum Gasteiger partial charge on any atom is 0.229 e. The number of carbonyl (C=O) groups excluding carboxylic acids is 1. The molecule has 0 aromatic heterocycles. The van der Waals surface area contributed by atoms with Crippen LogP contribution in [0.4, 0.5) is 0 Å². The van der Waals surface area contributed by atoms with E-state index in [1.54, 1.807) is 0 Å². The van der Waals surface area contributed by atoms with Crippen molar-refractivity contribution in [3.63, 3.8) is 0 Å². The van der Waals surface area contributed by atoms with Crippen molar-refractivity contribution in [1.29, 1.82) is 0 Å². The minimum atomic E-state index is -0.388. The van der Waals surface area contributed by atoms with Gasteiger partial charge in [0.2, 0.25) is 5.91 Å². The van der Waals surface area contributed by atoms with E-state index in [0.717, 1.165) is 5.56 Å². The lowest BCUT2D eigenvalue weighted by Crippen LogP contribution is -2.08. The first-order valence-corrected chi connectivity index (χ1v) is 4.96. The molecule has 78 valence electrons. The highest BCUT2D eigenvalue weighted by molar-refractivity contribution is 5.76. The standard InChI is InChI=1S/C13H15NO/c1-10(2)12-8-6-11(7-9-12)4-3-5-13(14)15/h6-10H,5H2,1-2H3,(H2,14,15). The summed E-state index contributed by atoms with van der Waals surface area (Å²) in [7, 11) is 0. The second-order valence-corrected chi connectivity index (χ2v) is 3.72. The highest BCUT2D eigenvalue weighted by Crippen LogP contribution is 2.13. The van der Waals surface area contributed by atoms with E-state index < -0.39 is 0 Å². The minimum absolute atomic E-state index is 0.117. The third-order valence-corrected chi connectivity index (χ3v) is 2.07. The summed E-state index contributed by atoms with van der Waals surface area (Å²) >= 11 is 0. The van der Waals surface area contributed by atoms with Gasteiger partial charge in [0.05, 0.1) is 6.42 Å². The van der Waals surface area contributed by atoms with Crippen LogP contribution in [0, 0.1) is 11.8 Å². The molecule has 0 unspecified atom stereocenters. The van der Waals surface area contributed by atoms with Gasteiger partial charge in [-0.15, -0.1) is 0 Å². The predicted octanol–water partition coefficient (Wildman–Crippen LogP) is 2.04. The maximum atomic E-state index is 10.5. The first kappa shape index (κ1) is 11.3. The minimum Gasteiger partial charge on any atom is -0.369 e. The molecule has 2 N–H and O–H groups in total. The van der Waals surface area contributed by atoms with Crippen molar-refractivity contribution < 1.29 is 4.79 Å². The smallest absolute Gasteiger partial charge is 0.229 e. The van der Waals surface area contributed by atoms with Crippen molar-refractivity contribution in [2.24, 2.45) is 5.73 Å². The number of amides is 1. The monoisotopic (exact) mass is 201 g/mol. The Kier molecular flexibility index (Phi) is 3.93. The topological polar surface area (TPSA) is 43.1 Å². The van der Waals surface area contributed by atoms with Gasteiger partial charge in [0, 0.05) is 5.56 Å². The molecule has 0 heterocycles. The van der Waals surface area contributed by atoms with E-state index in [1.165, 1.54) is 5.56 Å². The normalized spacial score (nSPS) is 9.53. The lowest BCUT2D eigenvalue weighted by molar-refractivity contribution is -0.117.